The van der Waals surface area contributed by atoms with Crippen LogP contribution in [0.2, 0.25) is 5.02 Å². The van der Waals surface area contributed by atoms with Crippen molar-refractivity contribution < 1.29 is 9.53 Å². The number of nitrogens with zero attached hydrogens (tertiary/aromatic N) is 2. The van der Waals surface area contributed by atoms with Crippen LogP contribution in [0.25, 0.3) is 5.65 Å². The molecule has 130 valence electrons. The minimum absolute atomic E-state index is 0.0696. The van der Waals surface area contributed by atoms with Gasteiger partial charge in [-0.25, -0.2) is 4.98 Å². The summed E-state index contributed by atoms with van der Waals surface area (Å²) in [7, 11) is 0. The molecule has 0 aliphatic rings. The molecule has 0 aliphatic heterocycles. The Morgan fingerprint density at radius 1 is 1.24 bits per heavy atom. The van der Waals surface area contributed by atoms with E-state index >= 15 is 0 Å². The van der Waals surface area contributed by atoms with Gasteiger partial charge in [-0.05, 0) is 37.6 Å². The second-order valence-corrected chi connectivity index (χ2v) is 6.43. The average Bonchev–Trinajstić information content (AvgIpc) is 2.97. The van der Waals surface area contributed by atoms with Gasteiger partial charge in [-0.2, -0.15) is 0 Å². The normalized spacial score (nSPS) is 10.8. The second-order valence-electron chi connectivity index (χ2n) is 5.99. The van der Waals surface area contributed by atoms with Crippen LogP contribution in [0.5, 0.6) is 5.75 Å². The largest absolute Gasteiger partial charge is 0.493 e. The predicted octanol–water partition coefficient (Wildman–Crippen LogP) is 3.69. The molecule has 0 unspecified atom stereocenters. The molecule has 6 heteroatoms. The number of ether oxygens (including phenoxy) is 1. The van der Waals surface area contributed by atoms with Crippen LogP contribution in [0.3, 0.4) is 0 Å². The lowest BCUT2D eigenvalue weighted by Gasteiger charge is -2.09. The van der Waals surface area contributed by atoms with Gasteiger partial charge >= 0.3 is 0 Å². The maximum Gasteiger partial charge on any atom is 0.223 e. The maximum absolute atomic E-state index is 12.0. The average molecular weight is 358 g/mol. The first-order valence-corrected chi connectivity index (χ1v) is 8.49. The monoisotopic (exact) mass is 357 g/mol. The molecule has 1 N–H and O–H groups in total. The van der Waals surface area contributed by atoms with Crippen molar-refractivity contribution in [2.75, 3.05) is 6.61 Å². The van der Waals surface area contributed by atoms with Crippen molar-refractivity contribution >= 4 is 23.2 Å². The molecule has 1 aromatic carbocycles. The molecule has 0 atom stereocenters. The number of aromatic nitrogens is 2. The third kappa shape index (κ3) is 4.51. The van der Waals surface area contributed by atoms with E-state index in [9.17, 15) is 4.79 Å². The van der Waals surface area contributed by atoms with Crippen molar-refractivity contribution in [2.24, 2.45) is 0 Å². The molecule has 0 bridgehead atoms. The summed E-state index contributed by atoms with van der Waals surface area (Å²) >= 11 is 5.95. The van der Waals surface area contributed by atoms with Gasteiger partial charge in [-0.15, -0.1) is 0 Å². The van der Waals surface area contributed by atoms with Crippen molar-refractivity contribution in [3.05, 3.63) is 64.6 Å². The number of nitrogens with one attached hydrogen (secondary N) is 1. The molecule has 0 spiro atoms. The quantitative estimate of drug-likeness (QED) is 0.732. The number of carbonyl (C=O) groups excluding carboxylic acids is 1. The molecule has 2 aromatic heterocycles. The molecular formula is C19H20ClN3O2. The van der Waals surface area contributed by atoms with Crippen LogP contribution in [-0.2, 0) is 11.3 Å². The fraction of sp³-hybridized carbons (Fsp3) is 0.263. The standard InChI is InChI=1S/C19H20ClN3O2/c1-13-3-5-17(14(2)9-13)25-8-7-19(24)21-10-16-12-23-11-15(20)4-6-18(23)22-16/h3-6,9,11-12H,7-8,10H2,1-2H3,(H,21,24). The summed E-state index contributed by atoms with van der Waals surface area (Å²) in [4.78, 5) is 16.4. The lowest BCUT2D eigenvalue weighted by atomic mass is 10.1. The molecule has 1 amide bonds. The number of halogens is 1. The molecular weight excluding hydrogens is 338 g/mol. The highest BCUT2D eigenvalue weighted by Crippen LogP contribution is 2.18. The zero-order chi connectivity index (χ0) is 17.8. The Morgan fingerprint density at radius 2 is 2.08 bits per heavy atom. The van der Waals surface area contributed by atoms with Crippen LogP contribution in [0, 0.1) is 13.8 Å². The van der Waals surface area contributed by atoms with Gasteiger partial charge in [0.1, 0.15) is 11.4 Å². The fourth-order valence-corrected chi connectivity index (χ4v) is 2.76. The Kier molecular flexibility index (Phi) is 5.24. The third-order valence-electron chi connectivity index (χ3n) is 3.85. The van der Waals surface area contributed by atoms with Crippen molar-refractivity contribution in [2.45, 2.75) is 26.8 Å². The van der Waals surface area contributed by atoms with Crippen molar-refractivity contribution in [1.29, 1.82) is 0 Å². The van der Waals surface area contributed by atoms with Crippen molar-refractivity contribution in [3.63, 3.8) is 0 Å². The van der Waals surface area contributed by atoms with Crippen molar-refractivity contribution in [3.8, 4) is 5.75 Å². The Bertz CT molecular complexity index is 905. The number of rotatable bonds is 6. The van der Waals surface area contributed by atoms with Crippen LogP contribution < -0.4 is 10.1 Å². The summed E-state index contributed by atoms with van der Waals surface area (Å²) in [5.74, 6) is 0.746. The van der Waals surface area contributed by atoms with Gasteiger partial charge in [0.15, 0.2) is 0 Å². The van der Waals surface area contributed by atoms with Crippen LogP contribution in [0.15, 0.2) is 42.7 Å². The summed E-state index contributed by atoms with van der Waals surface area (Å²) in [5.41, 5.74) is 3.85. The summed E-state index contributed by atoms with van der Waals surface area (Å²) in [6.45, 7) is 4.76. The van der Waals surface area contributed by atoms with E-state index in [0.29, 0.717) is 24.6 Å². The summed E-state index contributed by atoms with van der Waals surface area (Å²) in [6, 6.07) is 9.62. The van der Waals surface area contributed by atoms with Crippen LogP contribution >= 0.6 is 11.6 Å². The topological polar surface area (TPSA) is 55.6 Å². The lowest BCUT2D eigenvalue weighted by Crippen LogP contribution is -2.24. The molecule has 0 fully saturated rings. The Morgan fingerprint density at radius 3 is 2.88 bits per heavy atom. The lowest BCUT2D eigenvalue weighted by molar-refractivity contribution is -0.121. The zero-order valence-electron chi connectivity index (χ0n) is 14.3. The molecule has 3 rings (SSSR count). The summed E-state index contributed by atoms with van der Waals surface area (Å²) < 4.78 is 7.52. The summed E-state index contributed by atoms with van der Waals surface area (Å²) in [5, 5.41) is 3.50. The van der Waals surface area contributed by atoms with E-state index in [1.165, 1.54) is 5.56 Å². The van der Waals surface area contributed by atoms with E-state index in [1.54, 1.807) is 12.3 Å². The van der Waals surface area contributed by atoms with Gasteiger partial charge in [0.25, 0.3) is 0 Å². The minimum atomic E-state index is -0.0696. The predicted molar refractivity (Wildman–Crippen MR) is 98.1 cm³/mol. The Labute approximate surface area is 151 Å². The smallest absolute Gasteiger partial charge is 0.223 e. The highest BCUT2D eigenvalue weighted by atomic mass is 35.5. The zero-order valence-corrected chi connectivity index (χ0v) is 15.0. The van der Waals surface area contributed by atoms with E-state index < -0.39 is 0 Å². The van der Waals surface area contributed by atoms with E-state index in [1.807, 2.05) is 42.6 Å². The molecule has 3 aromatic rings. The molecule has 0 saturated heterocycles. The Balaban J connectivity index is 1.47. The molecule has 0 aliphatic carbocycles. The van der Waals surface area contributed by atoms with Gasteiger partial charge in [-0.3, -0.25) is 4.79 Å². The van der Waals surface area contributed by atoms with Crippen LogP contribution in [0.4, 0.5) is 0 Å². The number of benzene rings is 1. The first kappa shape index (κ1) is 17.3. The number of aryl methyl sites for hydroxylation is 2. The van der Waals surface area contributed by atoms with Crippen LogP contribution in [0.1, 0.15) is 23.2 Å². The van der Waals surface area contributed by atoms with E-state index in [2.05, 4.69) is 16.4 Å². The van der Waals surface area contributed by atoms with Gasteiger partial charge in [0.2, 0.25) is 5.91 Å². The van der Waals surface area contributed by atoms with Gasteiger partial charge in [0.05, 0.1) is 30.3 Å². The first-order valence-electron chi connectivity index (χ1n) is 8.11. The maximum atomic E-state index is 12.0. The van der Waals surface area contributed by atoms with Gasteiger partial charge in [0, 0.05) is 12.4 Å². The van der Waals surface area contributed by atoms with E-state index in [0.717, 1.165) is 22.7 Å². The Hall–Kier alpha value is -2.53. The number of fused-ring (bicyclic) bond motifs is 1. The fourth-order valence-electron chi connectivity index (χ4n) is 2.59. The summed E-state index contributed by atoms with van der Waals surface area (Å²) in [6.07, 6.45) is 3.94. The number of carbonyl (C=O) groups is 1. The molecule has 0 radical (unpaired) electrons. The first-order chi connectivity index (χ1) is 12.0. The number of hydrogen-bond acceptors (Lipinski definition) is 3. The minimum Gasteiger partial charge on any atom is -0.493 e. The van der Waals surface area contributed by atoms with E-state index in [4.69, 9.17) is 16.3 Å². The number of hydrogen-bond donors (Lipinski definition) is 1. The van der Waals surface area contributed by atoms with Crippen molar-refractivity contribution in [1.82, 2.24) is 14.7 Å². The highest BCUT2D eigenvalue weighted by Gasteiger charge is 2.06. The second kappa shape index (κ2) is 7.57. The molecule has 2 heterocycles. The number of imidazole rings is 1. The SMILES string of the molecule is Cc1ccc(OCCC(=O)NCc2cn3cc(Cl)ccc3n2)c(C)c1. The van der Waals surface area contributed by atoms with Gasteiger partial charge in [-0.1, -0.05) is 29.3 Å². The van der Waals surface area contributed by atoms with Gasteiger partial charge < -0.3 is 14.5 Å². The molecule has 0 saturated carbocycles. The molecule has 5 nitrogen and oxygen atoms in total. The van der Waals surface area contributed by atoms with Crippen LogP contribution in [-0.4, -0.2) is 21.9 Å². The number of pyridine rings is 1. The number of amides is 1. The highest BCUT2D eigenvalue weighted by molar-refractivity contribution is 6.30. The third-order valence-corrected chi connectivity index (χ3v) is 4.07. The van der Waals surface area contributed by atoms with E-state index in [-0.39, 0.29) is 5.91 Å². The molecule has 25 heavy (non-hydrogen) atoms.